The van der Waals surface area contributed by atoms with Crippen molar-refractivity contribution in [2.24, 2.45) is 5.92 Å². The average molecular weight is 403 g/mol. The Morgan fingerprint density at radius 3 is 2.58 bits per heavy atom. The third kappa shape index (κ3) is 6.78. The van der Waals surface area contributed by atoms with Crippen LogP contribution in [0.3, 0.4) is 0 Å². The van der Waals surface area contributed by atoms with Crippen molar-refractivity contribution in [3.05, 3.63) is 34.9 Å². The topological polar surface area (TPSA) is 75.7 Å². The number of amides is 1. The van der Waals surface area contributed by atoms with Crippen molar-refractivity contribution in [1.82, 2.24) is 9.62 Å². The molecule has 0 bridgehead atoms. The van der Waals surface area contributed by atoms with Crippen LogP contribution in [0.25, 0.3) is 0 Å². The molecular formula is C18H27ClN2O4S. The molecule has 1 aliphatic rings. The summed E-state index contributed by atoms with van der Waals surface area (Å²) in [4.78, 5) is 11.8. The highest BCUT2D eigenvalue weighted by molar-refractivity contribution is 7.88. The SMILES string of the molecule is CC(C)(C)OC(=O)NC[C@H]1CCCN(S(=O)(=O)Cc2ccc(Cl)cc2)C1. The predicted molar refractivity (Wildman–Crippen MR) is 103 cm³/mol. The zero-order chi connectivity index (χ0) is 19.4. The summed E-state index contributed by atoms with van der Waals surface area (Å²) >= 11 is 5.85. The summed E-state index contributed by atoms with van der Waals surface area (Å²) in [6, 6.07) is 6.84. The first-order valence-electron chi connectivity index (χ1n) is 8.74. The molecular weight excluding hydrogens is 376 g/mol. The molecule has 2 rings (SSSR count). The Kier molecular flexibility index (Phi) is 6.93. The molecule has 0 saturated carbocycles. The predicted octanol–water partition coefficient (Wildman–Crippen LogP) is 3.41. The van der Waals surface area contributed by atoms with Crippen molar-refractivity contribution in [3.8, 4) is 0 Å². The van der Waals surface area contributed by atoms with Crippen molar-refractivity contribution < 1.29 is 17.9 Å². The summed E-state index contributed by atoms with van der Waals surface area (Å²) in [6.45, 7) is 6.74. The van der Waals surface area contributed by atoms with Crippen LogP contribution in [-0.4, -0.2) is 44.1 Å². The first kappa shape index (κ1) is 21.0. The molecule has 1 heterocycles. The number of hydrogen-bond acceptors (Lipinski definition) is 4. The number of piperidine rings is 1. The minimum atomic E-state index is -3.40. The number of halogens is 1. The summed E-state index contributed by atoms with van der Waals surface area (Å²) in [5.41, 5.74) is 0.160. The Bertz CT molecular complexity index is 714. The van der Waals surface area contributed by atoms with Crippen LogP contribution in [0.15, 0.2) is 24.3 Å². The molecule has 8 heteroatoms. The average Bonchev–Trinajstić information content (AvgIpc) is 2.54. The van der Waals surface area contributed by atoms with E-state index in [1.165, 1.54) is 4.31 Å². The molecule has 0 unspecified atom stereocenters. The van der Waals surface area contributed by atoms with Gasteiger partial charge in [-0.3, -0.25) is 0 Å². The maximum atomic E-state index is 12.7. The molecule has 26 heavy (non-hydrogen) atoms. The van der Waals surface area contributed by atoms with E-state index >= 15 is 0 Å². The van der Waals surface area contributed by atoms with E-state index in [0.29, 0.717) is 30.2 Å². The molecule has 0 aliphatic carbocycles. The lowest BCUT2D eigenvalue weighted by Crippen LogP contribution is -2.44. The van der Waals surface area contributed by atoms with E-state index in [2.05, 4.69) is 5.32 Å². The normalized spacial score (nSPS) is 19.2. The Balaban J connectivity index is 1.90. The second kappa shape index (κ2) is 8.59. The number of carbonyl (C=O) groups excluding carboxylic acids is 1. The molecule has 1 atom stereocenters. The number of nitrogens with zero attached hydrogens (tertiary/aromatic N) is 1. The summed E-state index contributed by atoms with van der Waals surface area (Å²) in [6.07, 6.45) is 1.18. The van der Waals surface area contributed by atoms with Gasteiger partial charge in [-0.25, -0.2) is 17.5 Å². The molecule has 146 valence electrons. The maximum Gasteiger partial charge on any atom is 0.407 e. The highest BCUT2D eigenvalue weighted by atomic mass is 35.5. The van der Waals surface area contributed by atoms with Crippen LogP contribution < -0.4 is 5.32 Å². The quantitative estimate of drug-likeness (QED) is 0.818. The van der Waals surface area contributed by atoms with Crippen molar-refractivity contribution in [3.63, 3.8) is 0 Å². The van der Waals surface area contributed by atoms with Gasteiger partial charge in [-0.15, -0.1) is 0 Å². The van der Waals surface area contributed by atoms with Crippen LogP contribution in [0.4, 0.5) is 4.79 Å². The van der Waals surface area contributed by atoms with Gasteiger partial charge in [0.15, 0.2) is 0 Å². The number of alkyl carbamates (subject to hydrolysis) is 1. The molecule has 1 N–H and O–H groups in total. The standard InChI is InChI=1S/C18H27ClN2O4S/c1-18(2,3)25-17(22)20-11-15-5-4-10-21(12-15)26(23,24)13-14-6-8-16(19)9-7-14/h6-9,15H,4-5,10-13H2,1-3H3,(H,20,22)/t15-/m1/s1. The molecule has 0 aromatic heterocycles. The second-order valence-electron chi connectivity index (χ2n) is 7.63. The van der Waals surface area contributed by atoms with Crippen LogP contribution in [0.1, 0.15) is 39.2 Å². The van der Waals surface area contributed by atoms with E-state index < -0.39 is 21.7 Å². The monoisotopic (exact) mass is 402 g/mol. The number of rotatable bonds is 5. The number of sulfonamides is 1. The van der Waals surface area contributed by atoms with Crippen LogP contribution >= 0.6 is 11.6 Å². The number of benzene rings is 1. The van der Waals surface area contributed by atoms with Gasteiger partial charge in [0.1, 0.15) is 5.60 Å². The van der Waals surface area contributed by atoms with Gasteiger partial charge in [0.2, 0.25) is 10.0 Å². The summed E-state index contributed by atoms with van der Waals surface area (Å²) in [5, 5.41) is 3.32. The summed E-state index contributed by atoms with van der Waals surface area (Å²) in [5.74, 6) is 0.0346. The van der Waals surface area contributed by atoms with Crippen molar-refractivity contribution in [2.75, 3.05) is 19.6 Å². The fourth-order valence-electron chi connectivity index (χ4n) is 2.87. The van der Waals surface area contributed by atoms with Gasteiger partial charge in [-0.1, -0.05) is 23.7 Å². The number of carbonyl (C=O) groups is 1. The van der Waals surface area contributed by atoms with Gasteiger partial charge in [0.05, 0.1) is 5.75 Å². The molecule has 1 fully saturated rings. The van der Waals surface area contributed by atoms with Crippen LogP contribution in [0, 0.1) is 5.92 Å². The number of ether oxygens (including phenoxy) is 1. The van der Waals surface area contributed by atoms with Crippen LogP contribution in [0.2, 0.25) is 5.02 Å². The third-order valence-corrected chi connectivity index (χ3v) is 6.14. The lowest BCUT2D eigenvalue weighted by atomic mass is 10.00. The first-order valence-corrected chi connectivity index (χ1v) is 10.7. The lowest BCUT2D eigenvalue weighted by Gasteiger charge is -2.32. The molecule has 6 nitrogen and oxygen atoms in total. The molecule has 1 aliphatic heterocycles. The lowest BCUT2D eigenvalue weighted by molar-refractivity contribution is 0.0513. The minimum absolute atomic E-state index is 0.0453. The smallest absolute Gasteiger partial charge is 0.407 e. The highest BCUT2D eigenvalue weighted by Crippen LogP contribution is 2.22. The van der Waals surface area contributed by atoms with Gasteiger partial charge >= 0.3 is 6.09 Å². The van der Waals surface area contributed by atoms with Gasteiger partial charge in [-0.2, -0.15) is 0 Å². The number of hydrogen-bond donors (Lipinski definition) is 1. The van der Waals surface area contributed by atoms with Gasteiger partial charge in [-0.05, 0) is 57.2 Å². The van der Waals surface area contributed by atoms with E-state index in [1.807, 2.05) is 0 Å². The molecule has 1 saturated heterocycles. The zero-order valence-corrected chi connectivity index (χ0v) is 17.1. The largest absolute Gasteiger partial charge is 0.444 e. The molecule has 1 aromatic rings. The highest BCUT2D eigenvalue weighted by Gasteiger charge is 2.29. The van der Waals surface area contributed by atoms with Crippen molar-refractivity contribution in [1.29, 1.82) is 0 Å². The molecule has 1 amide bonds. The molecule has 1 aromatic carbocycles. The van der Waals surface area contributed by atoms with Crippen LogP contribution in [0.5, 0.6) is 0 Å². The Morgan fingerprint density at radius 2 is 1.96 bits per heavy atom. The van der Waals surface area contributed by atoms with E-state index in [-0.39, 0.29) is 11.7 Å². The third-order valence-electron chi connectivity index (χ3n) is 4.07. The second-order valence-corrected chi connectivity index (χ2v) is 10.0. The Hall–Kier alpha value is -1.31. The van der Waals surface area contributed by atoms with Gasteiger partial charge in [0.25, 0.3) is 0 Å². The van der Waals surface area contributed by atoms with E-state index in [1.54, 1.807) is 45.0 Å². The van der Waals surface area contributed by atoms with Gasteiger partial charge < -0.3 is 10.1 Å². The van der Waals surface area contributed by atoms with E-state index in [9.17, 15) is 13.2 Å². The molecule has 0 spiro atoms. The van der Waals surface area contributed by atoms with Crippen molar-refractivity contribution in [2.45, 2.75) is 45.0 Å². The van der Waals surface area contributed by atoms with Crippen LogP contribution in [-0.2, 0) is 20.5 Å². The molecule has 0 radical (unpaired) electrons. The minimum Gasteiger partial charge on any atom is -0.444 e. The summed E-state index contributed by atoms with van der Waals surface area (Å²) in [7, 11) is -3.40. The van der Waals surface area contributed by atoms with Gasteiger partial charge in [0, 0.05) is 24.7 Å². The Labute approximate surface area is 160 Å². The van der Waals surface area contributed by atoms with Crippen molar-refractivity contribution >= 4 is 27.7 Å². The van der Waals surface area contributed by atoms with E-state index in [0.717, 1.165) is 12.8 Å². The fourth-order valence-corrected chi connectivity index (χ4v) is 4.64. The zero-order valence-electron chi connectivity index (χ0n) is 15.5. The fraction of sp³-hybridized carbons (Fsp3) is 0.611. The first-order chi connectivity index (χ1) is 12.0. The van der Waals surface area contributed by atoms with E-state index in [4.69, 9.17) is 16.3 Å². The Morgan fingerprint density at radius 1 is 1.31 bits per heavy atom. The summed E-state index contributed by atoms with van der Waals surface area (Å²) < 4.78 is 32.1. The number of nitrogens with one attached hydrogen (secondary N) is 1. The maximum absolute atomic E-state index is 12.7.